The van der Waals surface area contributed by atoms with Crippen LogP contribution in [-0.4, -0.2) is 21.9 Å². The maximum Gasteiger partial charge on any atom is 0.200 e. The van der Waals surface area contributed by atoms with Gasteiger partial charge in [0.05, 0.1) is 24.1 Å². The van der Waals surface area contributed by atoms with Crippen LogP contribution < -0.4 is 16.8 Å². The number of nitrogens with zero attached hydrogens (tertiary/aromatic N) is 2. The first-order chi connectivity index (χ1) is 19.2. The molecule has 0 fully saturated rings. The van der Waals surface area contributed by atoms with Gasteiger partial charge in [-0.05, 0) is 60.9 Å². The summed E-state index contributed by atoms with van der Waals surface area (Å²) in [7, 11) is 0. The van der Waals surface area contributed by atoms with Crippen molar-refractivity contribution in [3.8, 4) is 5.88 Å². The Hall–Kier alpha value is -3.87. The van der Waals surface area contributed by atoms with Gasteiger partial charge in [0.1, 0.15) is 0 Å². The molecule has 4 aromatic rings. The average Bonchev–Trinajstić information content (AvgIpc) is 3.27. The van der Waals surface area contributed by atoms with Gasteiger partial charge in [0.2, 0.25) is 5.88 Å². The normalized spacial score (nSPS) is 14.3. The maximum absolute atomic E-state index is 11.1. The summed E-state index contributed by atoms with van der Waals surface area (Å²) in [6, 6.07) is 24.9. The number of aromatic hydroxyl groups is 1. The van der Waals surface area contributed by atoms with Gasteiger partial charge in [-0.3, -0.25) is 9.56 Å². The predicted octanol–water partition coefficient (Wildman–Crippen LogP) is 6.73. The third-order valence-corrected chi connectivity index (χ3v) is 7.49. The van der Waals surface area contributed by atoms with Gasteiger partial charge in [0.25, 0.3) is 0 Å². The topological polar surface area (TPSA) is 102 Å². The van der Waals surface area contributed by atoms with Gasteiger partial charge in [0, 0.05) is 28.6 Å². The van der Waals surface area contributed by atoms with Crippen LogP contribution >= 0.6 is 0 Å². The first-order valence-electron chi connectivity index (χ1n) is 14.1. The van der Waals surface area contributed by atoms with E-state index in [0.29, 0.717) is 6.54 Å². The minimum absolute atomic E-state index is 0.238. The summed E-state index contributed by atoms with van der Waals surface area (Å²) in [5, 5.41) is 16.4. The Morgan fingerprint density at radius 3 is 2.38 bits per heavy atom. The quantitative estimate of drug-likeness (QED) is 0.146. The molecule has 5 rings (SSSR count). The number of hydrogen-bond donors (Lipinski definition) is 4. The fourth-order valence-electron chi connectivity index (χ4n) is 5.34. The van der Waals surface area contributed by atoms with Gasteiger partial charge < -0.3 is 21.9 Å². The van der Waals surface area contributed by atoms with E-state index in [1.807, 2.05) is 34.9 Å². The van der Waals surface area contributed by atoms with Crippen molar-refractivity contribution >= 4 is 28.2 Å². The highest BCUT2D eigenvalue weighted by molar-refractivity contribution is 6.23. The molecule has 1 aliphatic rings. The average molecular weight is 522 g/mol. The van der Waals surface area contributed by atoms with Crippen LogP contribution in [0.15, 0.2) is 83.9 Å². The standard InChI is InChI=1S/C33H39N5O/c34-21-8-3-1-2-7-14-31(35)38-30-20-19-29(27-12-9-13-28(32(27)30)33(38)39)37-23-25-15-17-26(18-16-25)36-22-24-10-5-4-6-11-24/h4-6,9-13,15-20,31,36,39H,1-3,7-8,14,21-23,34-35H2. The minimum atomic E-state index is -0.271. The number of aliphatic imine (C=N–C) groups is 1. The summed E-state index contributed by atoms with van der Waals surface area (Å²) in [5.74, 6) is 0.238. The molecule has 202 valence electrons. The SMILES string of the molecule is NCCCCCCCC(N)n1c(O)c2cccc3c2c1C=CC3=NCc1ccc(NCc2ccccc2)cc1. The largest absolute Gasteiger partial charge is 0.494 e. The Labute approximate surface area is 231 Å². The number of aromatic nitrogens is 1. The van der Waals surface area contributed by atoms with Crippen molar-refractivity contribution in [1.82, 2.24) is 4.57 Å². The van der Waals surface area contributed by atoms with Gasteiger partial charge in [-0.15, -0.1) is 0 Å². The third-order valence-electron chi connectivity index (χ3n) is 7.49. The molecule has 6 N–H and O–H groups in total. The highest BCUT2D eigenvalue weighted by Crippen LogP contribution is 2.39. The van der Waals surface area contributed by atoms with E-state index in [0.717, 1.165) is 77.8 Å². The molecule has 1 atom stereocenters. The third kappa shape index (κ3) is 6.24. The van der Waals surface area contributed by atoms with Crippen LogP contribution in [0, 0.1) is 0 Å². The Balaban J connectivity index is 1.27. The predicted molar refractivity (Wildman–Crippen MR) is 163 cm³/mol. The zero-order valence-electron chi connectivity index (χ0n) is 22.5. The van der Waals surface area contributed by atoms with Crippen LogP contribution in [0.4, 0.5) is 5.69 Å². The van der Waals surface area contributed by atoms with E-state index in [1.54, 1.807) is 0 Å². The molecule has 0 spiro atoms. The van der Waals surface area contributed by atoms with E-state index in [2.05, 4.69) is 59.9 Å². The van der Waals surface area contributed by atoms with Gasteiger partial charge in [-0.25, -0.2) is 0 Å². The molecule has 0 saturated carbocycles. The summed E-state index contributed by atoms with van der Waals surface area (Å²) < 4.78 is 1.89. The van der Waals surface area contributed by atoms with Crippen LogP contribution in [0.1, 0.15) is 67.1 Å². The Morgan fingerprint density at radius 1 is 0.821 bits per heavy atom. The molecular formula is C33H39N5O. The van der Waals surface area contributed by atoms with E-state index in [-0.39, 0.29) is 12.0 Å². The molecule has 1 aliphatic carbocycles. The Bertz CT molecular complexity index is 1440. The van der Waals surface area contributed by atoms with Crippen molar-refractivity contribution in [2.24, 2.45) is 16.5 Å². The summed E-state index contributed by atoms with van der Waals surface area (Å²) in [4.78, 5) is 4.95. The first-order valence-corrected chi connectivity index (χ1v) is 14.1. The number of benzene rings is 3. The van der Waals surface area contributed by atoms with Crippen molar-refractivity contribution in [2.45, 2.75) is 57.8 Å². The van der Waals surface area contributed by atoms with Crippen molar-refractivity contribution in [2.75, 3.05) is 11.9 Å². The van der Waals surface area contributed by atoms with E-state index in [9.17, 15) is 5.11 Å². The smallest absolute Gasteiger partial charge is 0.200 e. The molecule has 1 heterocycles. The molecule has 0 radical (unpaired) electrons. The minimum Gasteiger partial charge on any atom is -0.494 e. The lowest BCUT2D eigenvalue weighted by Crippen LogP contribution is -2.20. The van der Waals surface area contributed by atoms with E-state index in [4.69, 9.17) is 16.5 Å². The highest BCUT2D eigenvalue weighted by atomic mass is 16.3. The monoisotopic (exact) mass is 521 g/mol. The second kappa shape index (κ2) is 12.8. The van der Waals surface area contributed by atoms with Crippen LogP contribution in [0.3, 0.4) is 0 Å². The summed E-state index contributed by atoms with van der Waals surface area (Å²) in [6.45, 7) is 2.14. The number of unbranched alkanes of at least 4 members (excludes halogenated alkanes) is 4. The molecule has 1 aromatic heterocycles. The van der Waals surface area contributed by atoms with Crippen LogP contribution in [0.2, 0.25) is 0 Å². The maximum atomic E-state index is 11.1. The number of anilines is 1. The number of nitrogens with one attached hydrogen (secondary N) is 1. The molecule has 6 nitrogen and oxygen atoms in total. The van der Waals surface area contributed by atoms with E-state index < -0.39 is 0 Å². The molecule has 0 saturated heterocycles. The van der Waals surface area contributed by atoms with Crippen molar-refractivity contribution < 1.29 is 5.11 Å². The van der Waals surface area contributed by atoms with Crippen LogP contribution in [-0.2, 0) is 13.1 Å². The number of hydrogen-bond acceptors (Lipinski definition) is 5. The van der Waals surface area contributed by atoms with Gasteiger partial charge >= 0.3 is 0 Å². The highest BCUT2D eigenvalue weighted by Gasteiger charge is 2.24. The lowest BCUT2D eigenvalue weighted by atomic mass is 9.97. The fourth-order valence-corrected chi connectivity index (χ4v) is 5.34. The van der Waals surface area contributed by atoms with Crippen LogP contribution in [0.5, 0.6) is 5.88 Å². The number of rotatable bonds is 13. The summed E-state index contributed by atoms with van der Waals surface area (Å²) in [5.41, 5.74) is 18.6. The molecule has 0 bridgehead atoms. The van der Waals surface area contributed by atoms with Gasteiger partial charge in [-0.1, -0.05) is 80.3 Å². The zero-order valence-corrected chi connectivity index (χ0v) is 22.5. The van der Waals surface area contributed by atoms with Crippen molar-refractivity contribution in [3.05, 3.63) is 101 Å². The number of nitrogens with two attached hydrogens (primary N) is 2. The second-order valence-electron chi connectivity index (χ2n) is 10.3. The lowest BCUT2D eigenvalue weighted by Gasteiger charge is -2.19. The molecule has 1 unspecified atom stereocenters. The van der Waals surface area contributed by atoms with Crippen molar-refractivity contribution in [1.29, 1.82) is 0 Å². The van der Waals surface area contributed by atoms with E-state index >= 15 is 0 Å². The second-order valence-corrected chi connectivity index (χ2v) is 10.3. The fraction of sp³-hybridized carbons (Fsp3) is 0.303. The Kier molecular flexibility index (Phi) is 8.76. The van der Waals surface area contributed by atoms with Crippen LogP contribution in [0.25, 0.3) is 16.8 Å². The summed E-state index contributed by atoms with van der Waals surface area (Å²) in [6.07, 6.45) is 10.2. The molecule has 0 aliphatic heterocycles. The molecule has 3 aromatic carbocycles. The van der Waals surface area contributed by atoms with E-state index in [1.165, 1.54) is 18.4 Å². The lowest BCUT2D eigenvalue weighted by molar-refractivity contribution is 0.368. The van der Waals surface area contributed by atoms with Crippen molar-refractivity contribution in [3.63, 3.8) is 0 Å². The molecule has 39 heavy (non-hydrogen) atoms. The number of allylic oxidation sites excluding steroid dienone is 1. The zero-order chi connectivity index (χ0) is 27.0. The molecule has 0 amide bonds. The molecular weight excluding hydrogens is 482 g/mol. The Morgan fingerprint density at radius 2 is 1.59 bits per heavy atom. The van der Waals surface area contributed by atoms with Gasteiger partial charge in [-0.2, -0.15) is 0 Å². The summed E-state index contributed by atoms with van der Waals surface area (Å²) >= 11 is 0. The molecule has 6 heteroatoms. The van der Waals surface area contributed by atoms with Gasteiger partial charge in [0.15, 0.2) is 0 Å². The first kappa shape index (κ1) is 26.7.